The van der Waals surface area contributed by atoms with Gasteiger partial charge < -0.3 is 10.1 Å². The lowest BCUT2D eigenvalue weighted by molar-refractivity contribution is 0.101. The van der Waals surface area contributed by atoms with E-state index in [0.29, 0.717) is 5.52 Å². The first-order valence-electron chi connectivity index (χ1n) is 4.10. The number of aromatic hydroxyl groups is 1. The van der Waals surface area contributed by atoms with Gasteiger partial charge in [0.25, 0.3) is 0 Å². The van der Waals surface area contributed by atoms with E-state index in [-0.39, 0.29) is 16.7 Å². The number of aromatic nitrogens is 1. The van der Waals surface area contributed by atoms with Gasteiger partial charge in [-0.3, -0.25) is 4.79 Å². The van der Waals surface area contributed by atoms with Crippen LogP contribution in [0, 0.1) is 5.82 Å². The van der Waals surface area contributed by atoms with E-state index >= 15 is 0 Å². The van der Waals surface area contributed by atoms with Crippen molar-refractivity contribution in [3.8, 4) is 5.75 Å². The summed E-state index contributed by atoms with van der Waals surface area (Å²) in [6, 6.07) is 2.78. The Labute approximate surface area is 79.2 Å². The number of phenolic OH excluding ortho intramolecular Hbond substituents is 1. The normalized spacial score (nSPS) is 10.7. The molecule has 0 unspecified atom stereocenters. The molecule has 3 nitrogen and oxygen atoms in total. The van der Waals surface area contributed by atoms with Crippen LogP contribution in [0.4, 0.5) is 4.39 Å². The molecule has 0 atom stereocenters. The summed E-state index contributed by atoms with van der Waals surface area (Å²) in [4.78, 5) is 13.9. The largest absolute Gasteiger partial charge is 0.505 e. The lowest BCUT2D eigenvalue weighted by atomic mass is 10.1. The molecule has 2 N–H and O–H groups in total. The van der Waals surface area contributed by atoms with Crippen molar-refractivity contribution in [1.29, 1.82) is 0 Å². The average Bonchev–Trinajstić information content (AvgIpc) is 2.55. The number of phenols is 1. The van der Waals surface area contributed by atoms with Gasteiger partial charge in [-0.05, 0) is 19.1 Å². The summed E-state index contributed by atoms with van der Waals surface area (Å²) in [6.07, 6.45) is 1.44. The Kier molecular flexibility index (Phi) is 1.77. The summed E-state index contributed by atoms with van der Waals surface area (Å²) in [6.45, 7) is 1.35. The van der Waals surface area contributed by atoms with E-state index in [1.165, 1.54) is 25.3 Å². The quantitative estimate of drug-likeness (QED) is 0.682. The second-order valence-electron chi connectivity index (χ2n) is 3.08. The van der Waals surface area contributed by atoms with Gasteiger partial charge in [-0.2, -0.15) is 0 Å². The Morgan fingerprint density at radius 3 is 2.86 bits per heavy atom. The molecular formula is C10H8FNO2. The first-order valence-corrected chi connectivity index (χ1v) is 4.10. The van der Waals surface area contributed by atoms with Crippen molar-refractivity contribution in [2.45, 2.75) is 6.92 Å². The second kappa shape index (κ2) is 2.83. The lowest BCUT2D eigenvalue weighted by Crippen LogP contribution is -1.91. The van der Waals surface area contributed by atoms with Crippen molar-refractivity contribution < 1.29 is 14.3 Å². The molecule has 0 amide bonds. The van der Waals surface area contributed by atoms with Crippen LogP contribution in [0.2, 0.25) is 0 Å². The van der Waals surface area contributed by atoms with Crippen molar-refractivity contribution in [2.24, 2.45) is 0 Å². The van der Waals surface area contributed by atoms with Crippen LogP contribution in [0.5, 0.6) is 5.75 Å². The molecule has 0 bridgehead atoms. The first kappa shape index (κ1) is 8.74. The van der Waals surface area contributed by atoms with E-state index < -0.39 is 11.6 Å². The molecule has 0 aliphatic carbocycles. The van der Waals surface area contributed by atoms with Crippen molar-refractivity contribution >= 4 is 16.7 Å². The number of ketones is 1. The topological polar surface area (TPSA) is 53.1 Å². The summed E-state index contributed by atoms with van der Waals surface area (Å²) >= 11 is 0. The molecule has 0 spiro atoms. The van der Waals surface area contributed by atoms with Gasteiger partial charge in [0, 0.05) is 22.7 Å². The first-order chi connectivity index (χ1) is 6.61. The van der Waals surface area contributed by atoms with Crippen LogP contribution in [-0.4, -0.2) is 15.9 Å². The van der Waals surface area contributed by atoms with Crippen LogP contribution in [0.1, 0.15) is 17.3 Å². The third-order valence-corrected chi connectivity index (χ3v) is 2.14. The van der Waals surface area contributed by atoms with Crippen LogP contribution in [0.3, 0.4) is 0 Å². The van der Waals surface area contributed by atoms with Crippen molar-refractivity contribution in [3.63, 3.8) is 0 Å². The summed E-state index contributed by atoms with van der Waals surface area (Å²) in [5.41, 5.74) is 0.763. The predicted molar refractivity (Wildman–Crippen MR) is 49.9 cm³/mol. The van der Waals surface area contributed by atoms with Gasteiger partial charge in [-0.1, -0.05) is 0 Å². The molecule has 14 heavy (non-hydrogen) atoms. The maximum absolute atomic E-state index is 13.4. The maximum atomic E-state index is 13.4. The minimum absolute atomic E-state index is 0.150. The Balaban J connectivity index is 2.89. The molecule has 0 saturated heterocycles. The highest BCUT2D eigenvalue weighted by atomic mass is 19.1. The summed E-state index contributed by atoms with van der Waals surface area (Å²) in [7, 11) is 0. The number of nitrogens with one attached hydrogen (secondary N) is 1. The lowest BCUT2D eigenvalue weighted by Gasteiger charge is -1.98. The number of aromatic amines is 1. The Hall–Kier alpha value is -1.84. The molecule has 1 heterocycles. The Morgan fingerprint density at radius 2 is 2.21 bits per heavy atom. The smallest absolute Gasteiger partial charge is 0.174 e. The van der Waals surface area contributed by atoms with Crippen LogP contribution in [0.15, 0.2) is 18.3 Å². The van der Waals surface area contributed by atoms with Gasteiger partial charge in [-0.25, -0.2) is 4.39 Å². The van der Waals surface area contributed by atoms with E-state index in [1.807, 2.05) is 0 Å². The summed E-state index contributed by atoms with van der Waals surface area (Å²) in [5, 5.41) is 9.29. The van der Waals surface area contributed by atoms with E-state index in [0.717, 1.165) is 0 Å². The minimum atomic E-state index is -0.756. The zero-order valence-electron chi connectivity index (χ0n) is 7.47. The monoisotopic (exact) mass is 193 g/mol. The fourth-order valence-corrected chi connectivity index (χ4v) is 1.45. The van der Waals surface area contributed by atoms with Crippen molar-refractivity contribution in [1.82, 2.24) is 4.98 Å². The van der Waals surface area contributed by atoms with Gasteiger partial charge in [0.15, 0.2) is 17.3 Å². The SMILES string of the molecule is CC(=O)c1c[nH]c2ccc(O)c(F)c12. The fraction of sp³-hybridized carbons (Fsp3) is 0.100. The Morgan fingerprint density at radius 1 is 1.50 bits per heavy atom. The van der Waals surface area contributed by atoms with Gasteiger partial charge in [0.05, 0.1) is 0 Å². The molecule has 1 aromatic carbocycles. The van der Waals surface area contributed by atoms with E-state index in [4.69, 9.17) is 5.11 Å². The van der Waals surface area contributed by atoms with E-state index in [1.54, 1.807) is 0 Å². The third kappa shape index (κ3) is 1.08. The van der Waals surface area contributed by atoms with Crippen LogP contribution >= 0.6 is 0 Å². The highest BCUT2D eigenvalue weighted by molar-refractivity contribution is 6.07. The number of fused-ring (bicyclic) bond motifs is 1. The van der Waals surface area contributed by atoms with Crippen LogP contribution in [-0.2, 0) is 0 Å². The van der Waals surface area contributed by atoms with Crippen LogP contribution in [0.25, 0.3) is 10.9 Å². The Bertz CT molecular complexity index is 516. The summed E-state index contributed by atoms with van der Waals surface area (Å²) < 4.78 is 13.4. The number of carbonyl (C=O) groups is 1. The molecular weight excluding hydrogens is 185 g/mol. The average molecular weight is 193 g/mol. The van der Waals surface area contributed by atoms with Gasteiger partial charge in [-0.15, -0.1) is 0 Å². The zero-order chi connectivity index (χ0) is 10.3. The molecule has 1 aromatic heterocycles. The minimum Gasteiger partial charge on any atom is -0.505 e. The number of hydrogen-bond acceptors (Lipinski definition) is 2. The predicted octanol–water partition coefficient (Wildman–Crippen LogP) is 2.22. The van der Waals surface area contributed by atoms with Gasteiger partial charge >= 0.3 is 0 Å². The number of carbonyl (C=O) groups excluding carboxylic acids is 1. The van der Waals surface area contributed by atoms with Crippen molar-refractivity contribution in [3.05, 3.63) is 29.7 Å². The summed E-state index contributed by atoms with van der Waals surface area (Å²) in [5.74, 6) is -1.44. The molecule has 0 saturated carbocycles. The molecule has 0 aliphatic heterocycles. The number of hydrogen-bond donors (Lipinski definition) is 2. The number of benzene rings is 1. The van der Waals surface area contributed by atoms with Crippen molar-refractivity contribution in [2.75, 3.05) is 0 Å². The fourth-order valence-electron chi connectivity index (χ4n) is 1.45. The number of Topliss-reactive ketones (excluding diaryl/α,β-unsaturated/α-hetero) is 1. The molecule has 0 aliphatic rings. The van der Waals surface area contributed by atoms with E-state index in [9.17, 15) is 9.18 Å². The van der Waals surface area contributed by atoms with Gasteiger partial charge in [0.2, 0.25) is 0 Å². The van der Waals surface area contributed by atoms with Gasteiger partial charge in [0.1, 0.15) is 0 Å². The second-order valence-corrected chi connectivity index (χ2v) is 3.08. The zero-order valence-corrected chi connectivity index (χ0v) is 7.47. The maximum Gasteiger partial charge on any atom is 0.174 e. The molecule has 0 radical (unpaired) electrons. The standard InChI is InChI=1S/C10H8FNO2/c1-5(13)6-4-12-7-2-3-8(14)10(11)9(6)7/h2-4,12,14H,1H3. The highest BCUT2D eigenvalue weighted by Crippen LogP contribution is 2.27. The molecule has 2 aromatic rings. The van der Waals surface area contributed by atoms with E-state index in [2.05, 4.69) is 4.98 Å². The molecule has 72 valence electrons. The number of H-pyrrole nitrogens is 1. The van der Waals surface area contributed by atoms with Crippen LogP contribution < -0.4 is 0 Å². The molecule has 0 fully saturated rings. The number of rotatable bonds is 1. The third-order valence-electron chi connectivity index (χ3n) is 2.14. The molecule has 2 rings (SSSR count). The highest BCUT2D eigenvalue weighted by Gasteiger charge is 2.14. The molecule has 4 heteroatoms. The number of halogens is 1.